The van der Waals surface area contributed by atoms with Crippen LogP contribution in [-0.4, -0.2) is 59.8 Å². The average Bonchev–Trinajstić information content (AvgIpc) is 2.52. The molecule has 0 aromatic carbocycles. The van der Waals surface area contributed by atoms with Crippen LogP contribution in [0.15, 0.2) is 4.99 Å². The summed E-state index contributed by atoms with van der Waals surface area (Å²) < 4.78 is 0. The molecule has 0 aromatic rings. The fourth-order valence-electron chi connectivity index (χ4n) is 3.52. The van der Waals surface area contributed by atoms with Crippen LogP contribution in [0.2, 0.25) is 0 Å². The van der Waals surface area contributed by atoms with E-state index in [9.17, 15) is 5.11 Å². The van der Waals surface area contributed by atoms with Crippen molar-refractivity contribution in [2.24, 2.45) is 4.99 Å². The number of hydrogen-bond donors (Lipinski definition) is 3. The minimum absolute atomic E-state index is 0.506. The first-order chi connectivity index (χ1) is 11.4. The molecule has 0 bridgehead atoms. The lowest BCUT2D eigenvalue weighted by molar-refractivity contribution is 0.0131. The van der Waals surface area contributed by atoms with Crippen molar-refractivity contribution in [1.82, 2.24) is 15.5 Å². The molecule has 0 unspecified atom stereocenters. The van der Waals surface area contributed by atoms with E-state index in [4.69, 9.17) is 0 Å². The summed E-state index contributed by atoms with van der Waals surface area (Å²) in [6.45, 7) is 14.4. The molecule has 0 heterocycles. The van der Waals surface area contributed by atoms with E-state index in [1.807, 2.05) is 0 Å². The minimum atomic E-state index is -0.591. The zero-order valence-electron chi connectivity index (χ0n) is 16.6. The molecule has 3 N–H and O–H groups in total. The maximum Gasteiger partial charge on any atom is 0.191 e. The lowest BCUT2D eigenvalue weighted by atomic mass is 9.85. The normalized spacial score (nSPS) is 18.5. The maximum absolute atomic E-state index is 10.6. The molecule has 0 radical (unpaired) electrons. The van der Waals surface area contributed by atoms with Gasteiger partial charge in [-0.15, -0.1) is 0 Å². The lowest BCUT2D eigenvalue weighted by Crippen LogP contribution is -2.42. The minimum Gasteiger partial charge on any atom is -0.388 e. The smallest absolute Gasteiger partial charge is 0.191 e. The van der Waals surface area contributed by atoms with E-state index in [1.165, 1.54) is 6.42 Å². The first-order valence-corrected chi connectivity index (χ1v) is 9.88. The Balaban J connectivity index is 2.40. The predicted molar refractivity (Wildman–Crippen MR) is 104 cm³/mol. The highest BCUT2D eigenvalue weighted by molar-refractivity contribution is 5.79. The summed E-state index contributed by atoms with van der Waals surface area (Å²) in [5, 5.41) is 17.3. The Kier molecular flexibility index (Phi) is 9.67. The van der Waals surface area contributed by atoms with Gasteiger partial charge >= 0.3 is 0 Å². The summed E-state index contributed by atoms with van der Waals surface area (Å²) in [7, 11) is 0. The van der Waals surface area contributed by atoms with Gasteiger partial charge in [-0.1, -0.05) is 19.3 Å². The Morgan fingerprint density at radius 1 is 1.08 bits per heavy atom. The molecule has 0 aliphatic heterocycles. The topological polar surface area (TPSA) is 59.9 Å². The van der Waals surface area contributed by atoms with Crippen LogP contribution in [0.4, 0.5) is 0 Å². The fourth-order valence-corrected chi connectivity index (χ4v) is 3.52. The van der Waals surface area contributed by atoms with Crippen molar-refractivity contribution in [3.63, 3.8) is 0 Å². The Bertz CT molecular complexity index is 354. The molecular weight excluding hydrogens is 300 g/mol. The molecule has 0 amide bonds. The highest BCUT2D eigenvalue weighted by Gasteiger charge is 2.28. The van der Waals surface area contributed by atoms with Crippen LogP contribution >= 0.6 is 0 Å². The molecule has 5 nitrogen and oxygen atoms in total. The van der Waals surface area contributed by atoms with Gasteiger partial charge in [0.2, 0.25) is 0 Å². The Morgan fingerprint density at radius 2 is 1.71 bits per heavy atom. The molecule has 1 aliphatic rings. The SMILES string of the molecule is CCNC(=NCC1(O)CCCCC1)NCCCN(C(C)C)C(C)C. The van der Waals surface area contributed by atoms with Gasteiger partial charge in [0.05, 0.1) is 12.1 Å². The van der Waals surface area contributed by atoms with Crippen LogP contribution in [0.1, 0.15) is 73.1 Å². The van der Waals surface area contributed by atoms with E-state index in [0.29, 0.717) is 18.6 Å². The van der Waals surface area contributed by atoms with Crippen LogP contribution in [-0.2, 0) is 0 Å². The number of rotatable bonds is 9. The second-order valence-corrected chi connectivity index (χ2v) is 7.69. The van der Waals surface area contributed by atoms with E-state index in [2.05, 4.69) is 55.1 Å². The van der Waals surface area contributed by atoms with Crippen molar-refractivity contribution >= 4 is 5.96 Å². The first kappa shape index (κ1) is 21.2. The van der Waals surface area contributed by atoms with Crippen molar-refractivity contribution in [2.75, 3.05) is 26.2 Å². The average molecular weight is 341 g/mol. The summed E-state index contributed by atoms with van der Waals surface area (Å²) in [6.07, 6.45) is 6.34. The molecule has 5 heteroatoms. The van der Waals surface area contributed by atoms with Gasteiger partial charge in [-0.25, -0.2) is 0 Å². The van der Waals surface area contributed by atoms with Gasteiger partial charge in [-0.3, -0.25) is 9.89 Å². The van der Waals surface area contributed by atoms with Gasteiger partial charge in [0.1, 0.15) is 0 Å². The standard InChI is InChI=1S/C19H40N4O/c1-6-20-18(22-15-19(24)11-8-7-9-12-19)21-13-10-14-23(16(2)3)17(4)5/h16-17,24H,6-15H2,1-5H3,(H2,20,21,22). The maximum atomic E-state index is 10.6. The van der Waals surface area contributed by atoms with E-state index in [0.717, 1.165) is 57.7 Å². The van der Waals surface area contributed by atoms with Crippen molar-refractivity contribution in [3.05, 3.63) is 0 Å². The number of aliphatic imine (C=N–C) groups is 1. The van der Waals surface area contributed by atoms with Crippen LogP contribution in [0, 0.1) is 0 Å². The van der Waals surface area contributed by atoms with E-state index >= 15 is 0 Å². The molecule has 0 saturated heterocycles. The highest BCUT2D eigenvalue weighted by Crippen LogP contribution is 2.28. The summed E-state index contributed by atoms with van der Waals surface area (Å²) in [4.78, 5) is 7.14. The number of hydrogen-bond acceptors (Lipinski definition) is 3. The lowest BCUT2D eigenvalue weighted by Gasteiger charge is -2.31. The summed E-state index contributed by atoms with van der Waals surface area (Å²) in [6, 6.07) is 1.15. The third kappa shape index (κ3) is 7.84. The van der Waals surface area contributed by atoms with Crippen molar-refractivity contribution in [1.29, 1.82) is 0 Å². The van der Waals surface area contributed by atoms with Gasteiger partial charge in [0, 0.05) is 31.7 Å². The van der Waals surface area contributed by atoms with Gasteiger partial charge in [-0.05, 0) is 53.9 Å². The van der Waals surface area contributed by atoms with Gasteiger partial charge in [0.15, 0.2) is 5.96 Å². The molecule has 0 spiro atoms. The summed E-state index contributed by atoms with van der Waals surface area (Å²) >= 11 is 0. The summed E-state index contributed by atoms with van der Waals surface area (Å²) in [5.74, 6) is 0.831. The molecular formula is C19H40N4O. The zero-order valence-corrected chi connectivity index (χ0v) is 16.6. The molecule has 0 aromatic heterocycles. The highest BCUT2D eigenvalue weighted by atomic mass is 16.3. The molecule has 142 valence electrons. The Hall–Kier alpha value is -0.810. The van der Waals surface area contributed by atoms with Crippen LogP contribution < -0.4 is 10.6 Å². The second-order valence-electron chi connectivity index (χ2n) is 7.69. The summed E-state index contributed by atoms with van der Waals surface area (Å²) in [5.41, 5.74) is -0.591. The second kappa shape index (κ2) is 10.9. The monoisotopic (exact) mass is 340 g/mol. The molecule has 1 fully saturated rings. The number of aliphatic hydroxyl groups is 1. The third-order valence-corrected chi connectivity index (χ3v) is 4.87. The Morgan fingerprint density at radius 3 is 2.25 bits per heavy atom. The molecule has 24 heavy (non-hydrogen) atoms. The van der Waals surface area contributed by atoms with Crippen molar-refractivity contribution in [3.8, 4) is 0 Å². The third-order valence-electron chi connectivity index (χ3n) is 4.87. The Labute approximate surface area is 149 Å². The van der Waals surface area contributed by atoms with E-state index in [-0.39, 0.29) is 0 Å². The van der Waals surface area contributed by atoms with Crippen molar-refractivity contribution in [2.45, 2.75) is 90.8 Å². The zero-order chi connectivity index (χ0) is 18.0. The number of guanidine groups is 1. The largest absolute Gasteiger partial charge is 0.388 e. The van der Waals surface area contributed by atoms with Gasteiger partial charge in [0.25, 0.3) is 0 Å². The molecule has 0 atom stereocenters. The van der Waals surface area contributed by atoms with Crippen LogP contribution in [0.25, 0.3) is 0 Å². The fraction of sp³-hybridized carbons (Fsp3) is 0.947. The quantitative estimate of drug-likeness (QED) is 0.343. The van der Waals surface area contributed by atoms with Gasteiger partial charge in [-0.2, -0.15) is 0 Å². The van der Waals surface area contributed by atoms with E-state index in [1.54, 1.807) is 0 Å². The van der Waals surface area contributed by atoms with Crippen molar-refractivity contribution < 1.29 is 5.11 Å². The van der Waals surface area contributed by atoms with E-state index < -0.39 is 5.60 Å². The van der Waals surface area contributed by atoms with Crippen LogP contribution in [0.3, 0.4) is 0 Å². The van der Waals surface area contributed by atoms with Gasteiger partial charge < -0.3 is 15.7 Å². The molecule has 1 rings (SSSR count). The molecule has 1 saturated carbocycles. The first-order valence-electron chi connectivity index (χ1n) is 9.88. The van der Waals surface area contributed by atoms with Crippen LogP contribution in [0.5, 0.6) is 0 Å². The predicted octanol–water partition coefficient (Wildman–Crippen LogP) is 2.75. The number of nitrogens with zero attached hydrogens (tertiary/aromatic N) is 2. The number of nitrogens with one attached hydrogen (secondary N) is 2. The molecule has 1 aliphatic carbocycles.